The topological polar surface area (TPSA) is 64.6 Å². The van der Waals surface area contributed by atoms with Gasteiger partial charge < -0.3 is 33.2 Å². The van der Waals surface area contributed by atoms with E-state index in [-0.39, 0.29) is 37.8 Å². The van der Waals surface area contributed by atoms with Crippen molar-refractivity contribution in [3.05, 3.63) is 42.0 Å². The smallest absolute Gasteiger partial charge is 0.231 e. The maximum absolute atomic E-state index is 6.11. The lowest BCUT2D eigenvalue weighted by atomic mass is 9.89. The molecule has 0 aromatic heterocycles. The van der Waals surface area contributed by atoms with Gasteiger partial charge in [0.15, 0.2) is 23.0 Å². The van der Waals surface area contributed by atoms with Gasteiger partial charge in [-0.25, -0.2) is 0 Å². The molecule has 2 fully saturated rings. The second-order valence-corrected chi connectivity index (χ2v) is 7.03. The molecule has 4 aliphatic rings. The van der Waals surface area contributed by atoms with Crippen LogP contribution in [0.4, 0.5) is 0 Å². The molecule has 140 valence electrons. The van der Waals surface area contributed by atoms with Crippen molar-refractivity contribution in [2.24, 2.45) is 11.8 Å². The van der Waals surface area contributed by atoms with Gasteiger partial charge >= 0.3 is 0 Å². The lowest BCUT2D eigenvalue weighted by Crippen LogP contribution is -2.26. The minimum Gasteiger partial charge on any atom is -0.464 e. The molecule has 0 aliphatic carbocycles. The van der Waals surface area contributed by atoms with Crippen LogP contribution in [0, 0.1) is 11.8 Å². The summed E-state index contributed by atoms with van der Waals surface area (Å²) in [7, 11) is 0. The molecule has 2 aromatic rings. The summed E-state index contributed by atoms with van der Waals surface area (Å²) in [6, 6.07) is 11.5. The Morgan fingerprint density at radius 2 is 1.41 bits per heavy atom. The van der Waals surface area contributed by atoms with E-state index in [2.05, 4.69) is 0 Å². The third kappa shape index (κ3) is 2.49. The quantitative estimate of drug-likeness (QED) is 0.823. The molecule has 4 unspecified atom stereocenters. The van der Waals surface area contributed by atoms with Gasteiger partial charge in [0.25, 0.3) is 0 Å². The maximum atomic E-state index is 6.11. The Labute approximate surface area is 155 Å². The van der Waals surface area contributed by atoms with Gasteiger partial charge in [0, 0.05) is 12.0 Å². The molecule has 0 spiro atoms. The van der Waals surface area contributed by atoms with Crippen LogP contribution in [0.5, 0.6) is 28.7 Å². The molecule has 4 atom stereocenters. The SMILES string of the molecule is c1cc2c(cc1OC1OCC3C(c4ccc5c(c4)OCO5)OCC13)OCO2. The van der Waals surface area contributed by atoms with Crippen molar-refractivity contribution in [3.8, 4) is 28.7 Å². The standard InChI is InChI=1S/C20H18O7/c1-3-15-17(25-9-23-15)5-11(1)19-13-7-22-20(14(13)8-21-19)27-12-2-4-16-18(6-12)26-10-24-16/h1-6,13-14,19-20H,7-10H2. The number of benzene rings is 2. The van der Waals surface area contributed by atoms with Crippen molar-refractivity contribution < 1.29 is 33.2 Å². The van der Waals surface area contributed by atoms with Crippen LogP contribution in [-0.2, 0) is 9.47 Å². The van der Waals surface area contributed by atoms with Gasteiger partial charge in [0.1, 0.15) is 5.75 Å². The first-order chi connectivity index (χ1) is 13.3. The molecule has 0 radical (unpaired) electrons. The van der Waals surface area contributed by atoms with E-state index < -0.39 is 0 Å². The van der Waals surface area contributed by atoms with E-state index in [1.165, 1.54) is 0 Å². The van der Waals surface area contributed by atoms with Crippen molar-refractivity contribution in [2.75, 3.05) is 26.8 Å². The first-order valence-electron chi connectivity index (χ1n) is 9.04. The highest BCUT2D eigenvalue weighted by atomic mass is 16.7. The lowest BCUT2D eigenvalue weighted by Gasteiger charge is -2.18. The Morgan fingerprint density at radius 1 is 0.704 bits per heavy atom. The molecule has 0 bridgehead atoms. The molecule has 0 amide bonds. The molecular weight excluding hydrogens is 352 g/mol. The van der Waals surface area contributed by atoms with Crippen LogP contribution in [0.1, 0.15) is 11.7 Å². The van der Waals surface area contributed by atoms with Crippen molar-refractivity contribution in [1.29, 1.82) is 0 Å². The number of rotatable bonds is 3. The fourth-order valence-electron chi connectivity index (χ4n) is 4.15. The Kier molecular flexibility index (Phi) is 3.39. The monoisotopic (exact) mass is 370 g/mol. The zero-order valence-corrected chi connectivity index (χ0v) is 14.5. The van der Waals surface area contributed by atoms with Crippen molar-refractivity contribution in [1.82, 2.24) is 0 Å². The maximum Gasteiger partial charge on any atom is 0.231 e. The summed E-state index contributed by atoms with van der Waals surface area (Å²) >= 11 is 0. The van der Waals surface area contributed by atoms with Crippen molar-refractivity contribution >= 4 is 0 Å². The first kappa shape index (κ1) is 15.4. The summed E-state index contributed by atoms with van der Waals surface area (Å²) in [4.78, 5) is 0. The van der Waals surface area contributed by atoms with Crippen molar-refractivity contribution in [3.63, 3.8) is 0 Å². The second-order valence-electron chi connectivity index (χ2n) is 7.03. The average Bonchev–Trinajstić information content (AvgIpc) is 3.46. The summed E-state index contributed by atoms with van der Waals surface area (Å²) in [6.07, 6.45) is -0.371. The second kappa shape index (κ2) is 5.94. The number of hydrogen-bond donors (Lipinski definition) is 0. The Morgan fingerprint density at radius 3 is 2.26 bits per heavy atom. The molecule has 6 rings (SSSR count). The summed E-state index contributed by atoms with van der Waals surface area (Å²) in [6.45, 7) is 1.71. The molecule has 2 aromatic carbocycles. The molecule has 2 saturated heterocycles. The minimum absolute atomic E-state index is 0.0325. The fourth-order valence-corrected chi connectivity index (χ4v) is 4.15. The van der Waals surface area contributed by atoms with Crippen LogP contribution in [-0.4, -0.2) is 33.1 Å². The summed E-state index contributed by atoms with van der Waals surface area (Å²) < 4.78 is 39.8. The fraction of sp³-hybridized carbons (Fsp3) is 0.400. The Balaban J connectivity index is 1.19. The van der Waals surface area contributed by atoms with Crippen LogP contribution in [0.25, 0.3) is 0 Å². The van der Waals surface area contributed by atoms with E-state index in [0.29, 0.717) is 24.7 Å². The van der Waals surface area contributed by atoms with Crippen LogP contribution < -0.4 is 23.7 Å². The van der Waals surface area contributed by atoms with Gasteiger partial charge in [0.2, 0.25) is 19.9 Å². The molecule has 27 heavy (non-hydrogen) atoms. The van der Waals surface area contributed by atoms with Crippen LogP contribution in [0.3, 0.4) is 0 Å². The number of ether oxygens (including phenoxy) is 7. The first-order valence-corrected chi connectivity index (χ1v) is 9.04. The highest BCUT2D eigenvalue weighted by Crippen LogP contribution is 2.47. The average molecular weight is 370 g/mol. The van der Waals surface area contributed by atoms with Crippen LogP contribution >= 0.6 is 0 Å². The number of fused-ring (bicyclic) bond motifs is 3. The molecule has 0 saturated carbocycles. The zero-order chi connectivity index (χ0) is 17.8. The summed E-state index contributed by atoms with van der Waals surface area (Å²) in [5, 5.41) is 0. The predicted molar refractivity (Wildman–Crippen MR) is 91.2 cm³/mol. The molecule has 4 heterocycles. The molecule has 7 heteroatoms. The number of hydrogen-bond acceptors (Lipinski definition) is 7. The van der Waals surface area contributed by atoms with Gasteiger partial charge in [-0.2, -0.15) is 0 Å². The van der Waals surface area contributed by atoms with E-state index >= 15 is 0 Å². The van der Waals surface area contributed by atoms with Gasteiger partial charge in [-0.3, -0.25) is 0 Å². The van der Waals surface area contributed by atoms with E-state index in [1.54, 1.807) is 0 Å². The van der Waals surface area contributed by atoms with Crippen molar-refractivity contribution in [2.45, 2.75) is 12.4 Å². The van der Waals surface area contributed by atoms with Gasteiger partial charge in [-0.1, -0.05) is 6.07 Å². The van der Waals surface area contributed by atoms with Crippen LogP contribution in [0.2, 0.25) is 0 Å². The molecule has 7 nitrogen and oxygen atoms in total. The van der Waals surface area contributed by atoms with Crippen LogP contribution in [0.15, 0.2) is 36.4 Å². The Hall–Kier alpha value is -2.64. The third-order valence-electron chi connectivity index (χ3n) is 5.53. The zero-order valence-electron chi connectivity index (χ0n) is 14.5. The minimum atomic E-state index is -0.339. The highest BCUT2D eigenvalue weighted by Gasteiger charge is 2.49. The largest absolute Gasteiger partial charge is 0.464 e. The van der Waals surface area contributed by atoms with E-state index in [9.17, 15) is 0 Å². The van der Waals surface area contributed by atoms with E-state index in [1.807, 2.05) is 36.4 Å². The Bertz CT molecular complexity index is 883. The van der Waals surface area contributed by atoms with E-state index in [0.717, 1.165) is 22.8 Å². The normalized spacial score (nSPS) is 29.8. The highest BCUT2D eigenvalue weighted by molar-refractivity contribution is 5.47. The predicted octanol–water partition coefficient (Wildman–Crippen LogP) is 2.88. The third-order valence-corrected chi connectivity index (χ3v) is 5.53. The van der Waals surface area contributed by atoms with E-state index in [4.69, 9.17) is 33.2 Å². The molecular formula is C20H18O7. The molecule has 4 aliphatic heterocycles. The van der Waals surface area contributed by atoms with Gasteiger partial charge in [-0.15, -0.1) is 0 Å². The van der Waals surface area contributed by atoms with Gasteiger partial charge in [0.05, 0.1) is 25.2 Å². The lowest BCUT2D eigenvalue weighted by molar-refractivity contribution is -0.0788. The molecule has 0 N–H and O–H groups in total. The van der Waals surface area contributed by atoms with Gasteiger partial charge in [-0.05, 0) is 29.8 Å². The summed E-state index contributed by atoms with van der Waals surface area (Å²) in [5.74, 6) is 4.10. The summed E-state index contributed by atoms with van der Waals surface area (Å²) in [5.41, 5.74) is 1.08.